The van der Waals surface area contributed by atoms with Gasteiger partial charge in [-0.15, -0.1) is 0 Å². The molecule has 0 aliphatic heterocycles. The minimum Gasteiger partial charge on any atom is -0.494 e. The van der Waals surface area contributed by atoms with Gasteiger partial charge < -0.3 is 49.8 Å². The number of hydrogen-bond donors (Lipinski definition) is 6. The number of aromatic nitrogens is 2. The van der Waals surface area contributed by atoms with E-state index in [2.05, 4.69) is 30.6 Å². The number of carboxylic acid groups (broad SMARTS) is 2. The number of anilines is 1. The fourth-order valence-electron chi connectivity index (χ4n) is 4.13. The van der Waals surface area contributed by atoms with E-state index in [1.807, 2.05) is 0 Å². The number of aliphatic carboxylic acids is 2. The van der Waals surface area contributed by atoms with Gasteiger partial charge in [-0.3, -0.25) is 19.2 Å². The molecule has 2 aromatic rings. The van der Waals surface area contributed by atoms with Crippen LogP contribution in [0, 0.1) is 0 Å². The second-order valence-electron chi connectivity index (χ2n) is 11.2. The number of sulfonamides is 1. The predicted molar refractivity (Wildman–Crippen MR) is 189 cm³/mol. The minimum absolute atomic E-state index is 0.0367. The molecule has 300 valence electrons. The Morgan fingerprint density at radius 1 is 0.611 bits per heavy atom. The number of carboxylic acids is 2. The minimum atomic E-state index is -4.02. The van der Waals surface area contributed by atoms with Crippen molar-refractivity contribution < 1.29 is 66.3 Å². The highest BCUT2D eigenvalue weighted by atomic mass is 32.2. The zero-order valence-corrected chi connectivity index (χ0v) is 30.6. The van der Waals surface area contributed by atoms with Crippen molar-refractivity contribution in [2.24, 2.45) is 0 Å². The van der Waals surface area contributed by atoms with Crippen LogP contribution in [-0.2, 0) is 48.1 Å². The smallest absolute Gasteiger partial charge is 0.329 e. The normalized spacial score (nSPS) is 11.0. The molecule has 0 saturated carbocycles. The Morgan fingerprint density at radius 3 is 1.85 bits per heavy atom. The first-order chi connectivity index (χ1) is 26.0. The second kappa shape index (κ2) is 26.7. The second-order valence-corrected chi connectivity index (χ2v) is 12.9. The third kappa shape index (κ3) is 21.5. The number of amides is 3. The Bertz CT molecular complexity index is 1550. The molecule has 54 heavy (non-hydrogen) atoms. The summed E-state index contributed by atoms with van der Waals surface area (Å²) in [6.07, 6.45) is 4.93. The Morgan fingerprint density at radius 2 is 1.22 bits per heavy atom. The fraction of sp³-hybridized carbons (Fsp3) is 0.545. The summed E-state index contributed by atoms with van der Waals surface area (Å²) >= 11 is 0. The molecule has 6 N–H and O–H groups in total. The van der Waals surface area contributed by atoms with Crippen molar-refractivity contribution >= 4 is 45.6 Å². The first-order valence-corrected chi connectivity index (χ1v) is 18.6. The van der Waals surface area contributed by atoms with Gasteiger partial charge in [0.2, 0.25) is 17.8 Å². The molecule has 0 atom stereocenters. The molecule has 0 saturated heterocycles. The molecule has 1 aromatic heterocycles. The van der Waals surface area contributed by atoms with Crippen LogP contribution in [0.1, 0.15) is 48.9 Å². The summed E-state index contributed by atoms with van der Waals surface area (Å²) in [6, 6.07) is 5.54. The summed E-state index contributed by atoms with van der Waals surface area (Å²) in [7, 11) is -4.02. The van der Waals surface area contributed by atoms with Crippen LogP contribution < -0.4 is 25.4 Å². The molecule has 2 rings (SSSR count). The van der Waals surface area contributed by atoms with Crippen molar-refractivity contribution in [1.82, 2.24) is 25.9 Å². The molecule has 0 radical (unpaired) electrons. The average molecular weight is 785 g/mol. The maximum atomic E-state index is 12.7. The van der Waals surface area contributed by atoms with Gasteiger partial charge in [0.1, 0.15) is 19.0 Å². The molecule has 3 amide bonds. The van der Waals surface area contributed by atoms with E-state index >= 15 is 0 Å². The van der Waals surface area contributed by atoms with E-state index in [0.29, 0.717) is 50.9 Å². The molecule has 0 bridgehead atoms. The molecule has 0 unspecified atom stereocenters. The third-order valence-electron chi connectivity index (χ3n) is 6.78. The molecule has 0 fully saturated rings. The van der Waals surface area contributed by atoms with Crippen LogP contribution in [0.5, 0.6) is 5.75 Å². The summed E-state index contributed by atoms with van der Waals surface area (Å²) in [4.78, 5) is 64.8. The highest BCUT2D eigenvalue weighted by Gasteiger charge is 2.17. The van der Waals surface area contributed by atoms with Crippen molar-refractivity contribution in [3.8, 4) is 5.75 Å². The number of hydrogen-bond acceptors (Lipinski definition) is 14. The van der Waals surface area contributed by atoms with Crippen LogP contribution in [-0.4, -0.2) is 137 Å². The van der Waals surface area contributed by atoms with Gasteiger partial charge >= 0.3 is 11.9 Å². The number of carbonyl (C=O) groups is 5. The van der Waals surface area contributed by atoms with Gasteiger partial charge in [-0.2, -0.15) is 0 Å². The number of benzene rings is 1. The largest absolute Gasteiger partial charge is 0.494 e. The molecule has 1 heterocycles. The summed E-state index contributed by atoms with van der Waals surface area (Å²) in [5, 5.41) is 25.2. The summed E-state index contributed by atoms with van der Waals surface area (Å²) in [5.41, 5.74) is 0.138. The first-order valence-electron chi connectivity index (χ1n) is 17.1. The van der Waals surface area contributed by atoms with Crippen molar-refractivity contribution in [3.05, 3.63) is 42.2 Å². The van der Waals surface area contributed by atoms with Crippen molar-refractivity contribution in [1.29, 1.82) is 0 Å². The highest BCUT2D eigenvalue weighted by molar-refractivity contribution is 7.92. The number of nitrogens with zero attached hydrogens (tertiary/aromatic N) is 2. The van der Waals surface area contributed by atoms with Gasteiger partial charge in [0.05, 0.1) is 56.7 Å². The molecule has 1 aromatic carbocycles. The van der Waals surface area contributed by atoms with E-state index in [-0.39, 0.29) is 101 Å². The lowest BCUT2D eigenvalue weighted by Gasteiger charge is -2.09. The van der Waals surface area contributed by atoms with Gasteiger partial charge in [0.15, 0.2) is 0 Å². The maximum Gasteiger partial charge on any atom is 0.329 e. The van der Waals surface area contributed by atoms with E-state index < -0.39 is 27.9 Å². The zero-order valence-electron chi connectivity index (χ0n) is 29.8. The summed E-state index contributed by atoms with van der Waals surface area (Å²) in [5.74, 6) is -2.70. The van der Waals surface area contributed by atoms with E-state index in [1.165, 1.54) is 36.7 Å². The molecule has 0 aliphatic carbocycles. The Hall–Kier alpha value is -4.96. The zero-order chi connectivity index (χ0) is 39.4. The lowest BCUT2D eigenvalue weighted by molar-refractivity contribution is -0.143. The topological polar surface area (TPSA) is 280 Å². The van der Waals surface area contributed by atoms with Gasteiger partial charge in [-0.05, 0) is 43.5 Å². The van der Waals surface area contributed by atoms with Gasteiger partial charge in [-0.25, -0.2) is 27.9 Å². The van der Waals surface area contributed by atoms with Gasteiger partial charge in [0, 0.05) is 44.9 Å². The van der Waals surface area contributed by atoms with Crippen LogP contribution in [0.2, 0.25) is 0 Å². The predicted octanol–water partition coefficient (Wildman–Crippen LogP) is 0.195. The van der Waals surface area contributed by atoms with Crippen LogP contribution in [0.25, 0.3) is 0 Å². The van der Waals surface area contributed by atoms with Crippen LogP contribution >= 0.6 is 0 Å². The standard InChI is InChI=1S/C33H48N6O14S/c40-28(34-12-15-49-17-19-51-23-29(41)35-13-16-50-18-20-52-24-31(44)45)5-2-1-3-11-36-32(46)25-21-37-33(38-22-25)39-54(47,48)27-9-7-26(8-10-27)53-14-4-6-30(42)43/h7-10,21-22H,1-6,11-20,23-24H2,(H,34,40)(H,35,41)(H,36,46)(H,42,43)(H,44,45)(H,37,38,39). The van der Waals surface area contributed by atoms with E-state index in [1.54, 1.807) is 0 Å². The van der Waals surface area contributed by atoms with E-state index in [4.69, 9.17) is 33.9 Å². The highest BCUT2D eigenvalue weighted by Crippen LogP contribution is 2.18. The van der Waals surface area contributed by atoms with Gasteiger partial charge in [0.25, 0.3) is 15.9 Å². The lowest BCUT2D eigenvalue weighted by Crippen LogP contribution is -2.31. The van der Waals surface area contributed by atoms with Crippen LogP contribution in [0.4, 0.5) is 5.95 Å². The molecular weight excluding hydrogens is 736 g/mol. The Kier molecular flexibility index (Phi) is 22.4. The number of nitrogens with one attached hydrogen (secondary N) is 4. The average Bonchev–Trinajstić information content (AvgIpc) is 3.13. The SMILES string of the molecule is O=C(O)CCCOc1ccc(S(=O)(=O)Nc2ncc(C(=O)NCCCCCC(=O)NCCOCCOCC(=O)NCCOCCOCC(=O)O)cn2)cc1. The molecule has 20 nitrogen and oxygen atoms in total. The number of ether oxygens (including phenoxy) is 5. The van der Waals surface area contributed by atoms with E-state index in [9.17, 15) is 32.4 Å². The van der Waals surface area contributed by atoms with Crippen molar-refractivity contribution in [3.63, 3.8) is 0 Å². The van der Waals surface area contributed by atoms with Crippen LogP contribution in [0.15, 0.2) is 41.6 Å². The van der Waals surface area contributed by atoms with Gasteiger partial charge in [-0.1, -0.05) is 6.42 Å². The molecule has 21 heteroatoms. The molecular formula is C33H48N6O14S. The van der Waals surface area contributed by atoms with Crippen LogP contribution in [0.3, 0.4) is 0 Å². The monoisotopic (exact) mass is 784 g/mol. The first kappa shape index (κ1) is 45.2. The maximum absolute atomic E-state index is 12.7. The Labute approximate surface area is 312 Å². The van der Waals surface area contributed by atoms with E-state index in [0.717, 1.165) is 0 Å². The van der Waals surface area contributed by atoms with Crippen molar-refractivity contribution in [2.75, 3.05) is 83.8 Å². The number of carbonyl (C=O) groups excluding carboxylic acids is 3. The summed E-state index contributed by atoms with van der Waals surface area (Å²) < 4.78 is 53.6. The fourth-order valence-corrected chi connectivity index (χ4v) is 5.08. The molecule has 0 aliphatic rings. The number of unbranched alkanes of at least 4 members (excludes halogenated alkanes) is 2. The Balaban J connectivity index is 1.46. The summed E-state index contributed by atoms with van der Waals surface area (Å²) in [6.45, 7) is 1.93. The molecule has 0 spiro atoms. The third-order valence-corrected chi connectivity index (χ3v) is 8.13. The van der Waals surface area contributed by atoms with Crippen molar-refractivity contribution in [2.45, 2.75) is 43.4 Å². The lowest BCUT2D eigenvalue weighted by atomic mass is 10.2. The number of rotatable bonds is 31. The quantitative estimate of drug-likeness (QED) is 0.0557.